The average molecular weight is 455 g/mol. The first-order chi connectivity index (χ1) is 16.6. The van der Waals surface area contributed by atoms with Crippen LogP contribution in [0.2, 0.25) is 0 Å². The maximum absolute atomic E-state index is 12.6. The molecule has 1 atom stereocenters. The fraction of sp³-hybridized carbons (Fsp3) is 0.214. The summed E-state index contributed by atoms with van der Waals surface area (Å²) < 4.78 is 2.00. The number of nitrogens with one attached hydrogen (secondary N) is 2. The molecule has 0 radical (unpaired) electrons. The number of benzene rings is 3. The van der Waals surface area contributed by atoms with Gasteiger partial charge in [0, 0.05) is 36.2 Å². The van der Waals surface area contributed by atoms with Crippen molar-refractivity contribution >= 4 is 11.6 Å². The highest BCUT2D eigenvalue weighted by molar-refractivity contribution is 5.91. The Morgan fingerprint density at radius 3 is 2.47 bits per heavy atom. The lowest BCUT2D eigenvalue weighted by Crippen LogP contribution is -2.21. The lowest BCUT2D eigenvalue weighted by atomic mass is 10.1. The summed E-state index contributed by atoms with van der Waals surface area (Å²) in [5.74, 6) is 0.958. The summed E-state index contributed by atoms with van der Waals surface area (Å²) in [6, 6.07) is 25.5. The third-order valence-corrected chi connectivity index (χ3v) is 5.82. The zero-order valence-corrected chi connectivity index (χ0v) is 19.3. The Balaban J connectivity index is 1.25. The van der Waals surface area contributed by atoms with Crippen molar-refractivity contribution in [2.45, 2.75) is 32.4 Å². The molecule has 1 heterocycles. The molecule has 1 amide bonds. The molecule has 0 aliphatic carbocycles. The van der Waals surface area contributed by atoms with E-state index in [0.717, 1.165) is 30.0 Å². The molecule has 6 heteroatoms. The standard InChI is InChI=1S/C28H30N4O2/c1-21(25-9-5-6-10-26(25)33)29-16-15-22-11-13-24(14-12-22)31-28(34)19-27-30-17-18-32(27)20-23-7-3-2-4-8-23/h2-14,17-18,21,29,33H,15-16,19-20H2,1H3,(H,31,34)/t21-/m1/s1. The molecule has 1 aromatic heterocycles. The molecule has 0 aliphatic rings. The van der Waals surface area contributed by atoms with Crippen molar-refractivity contribution < 1.29 is 9.90 Å². The molecule has 34 heavy (non-hydrogen) atoms. The smallest absolute Gasteiger partial charge is 0.231 e. The SMILES string of the molecule is C[C@@H](NCCc1ccc(NC(=O)Cc2nccn2Cc2ccccc2)cc1)c1ccccc1O. The van der Waals surface area contributed by atoms with Gasteiger partial charge in [0.2, 0.25) is 5.91 Å². The highest BCUT2D eigenvalue weighted by Gasteiger charge is 2.11. The second-order valence-corrected chi connectivity index (χ2v) is 8.36. The number of imidazole rings is 1. The molecule has 0 fully saturated rings. The van der Waals surface area contributed by atoms with Gasteiger partial charge in [-0.15, -0.1) is 0 Å². The quantitative estimate of drug-likeness (QED) is 0.324. The number of amides is 1. The van der Waals surface area contributed by atoms with Crippen molar-refractivity contribution in [3.63, 3.8) is 0 Å². The minimum Gasteiger partial charge on any atom is -0.508 e. The zero-order chi connectivity index (χ0) is 23.8. The van der Waals surface area contributed by atoms with E-state index in [1.54, 1.807) is 12.3 Å². The van der Waals surface area contributed by atoms with Crippen LogP contribution < -0.4 is 10.6 Å². The van der Waals surface area contributed by atoms with Crippen LogP contribution in [0.25, 0.3) is 0 Å². The minimum atomic E-state index is -0.0913. The lowest BCUT2D eigenvalue weighted by molar-refractivity contribution is -0.115. The molecule has 0 aliphatic heterocycles. The van der Waals surface area contributed by atoms with Gasteiger partial charge in [-0.25, -0.2) is 4.98 Å². The number of carbonyl (C=O) groups excluding carboxylic acids is 1. The Kier molecular flexibility index (Phi) is 7.73. The summed E-state index contributed by atoms with van der Waals surface area (Å²) in [6.45, 7) is 3.51. The van der Waals surface area contributed by atoms with Crippen molar-refractivity contribution in [2.75, 3.05) is 11.9 Å². The van der Waals surface area contributed by atoms with Crippen LogP contribution in [0.5, 0.6) is 5.75 Å². The highest BCUT2D eigenvalue weighted by Crippen LogP contribution is 2.23. The van der Waals surface area contributed by atoms with Gasteiger partial charge in [-0.3, -0.25) is 4.79 Å². The predicted octanol–water partition coefficient (Wildman–Crippen LogP) is 4.71. The molecule has 4 rings (SSSR count). The Morgan fingerprint density at radius 1 is 0.971 bits per heavy atom. The Bertz CT molecular complexity index is 1200. The van der Waals surface area contributed by atoms with Gasteiger partial charge in [0.25, 0.3) is 0 Å². The first-order valence-electron chi connectivity index (χ1n) is 11.5. The normalized spacial score (nSPS) is 11.8. The lowest BCUT2D eigenvalue weighted by Gasteiger charge is -2.15. The van der Waals surface area contributed by atoms with Crippen LogP contribution >= 0.6 is 0 Å². The molecule has 6 nitrogen and oxygen atoms in total. The van der Waals surface area contributed by atoms with Gasteiger partial charge in [0.15, 0.2) is 0 Å². The van der Waals surface area contributed by atoms with Crippen molar-refractivity contribution in [2.24, 2.45) is 0 Å². The van der Waals surface area contributed by atoms with E-state index in [0.29, 0.717) is 12.3 Å². The molecule has 0 saturated heterocycles. The molecule has 4 aromatic rings. The number of carbonyl (C=O) groups is 1. The molecular formula is C28H30N4O2. The number of hydrogen-bond donors (Lipinski definition) is 3. The van der Waals surface area contributed by atoms with Gasteiger partial charge in [-0.2, -0.15) is 0 Å². The first kappa shape index (κ1) is 23.3. The first-order valence-corrected chi connectivity index (χ1v) is 11.5. The maximum atomic E-state index is 12.6. The number of hydrogen-bond acceptors (Lipinski definition) is 4. The number of rotatable bonds is 10. The number of phenolic OH excluding ortho intramolecular Hbond substituents is 1. The number of aromatic hydroxyl groups is 1. The van der Waals surface area contributed by atoms with E-state index in [9.17, 15) is 9.90 Å². The van der Waals surface area contributed by atoms with Gasteiger partial charge in [0.1, 0.15) is 11.6 Å². The van der Waals surface area contributed by atoms with Crippen LogP contribution in [0.15, 0.2) is 91.3 Å². The Morgan fingerprint density at radius 2 is 1.71 bits per heavy atom. The van der Waals surface area contributed by atoms with E-state index in [4.69, 9.17) is 0 Å². The van der Waals surface area contributed by atoms with E-state index in [-0.39, 0.29) is 18.4 Å². The van der Waals surface area contributed by atoms with Crippen LogP contribution in [0.3, 0.4) is 0 Å². The summed E-state index contributed by atoms with van der Waals surface area (Å²) in [7, 11) is 0. The predicted molar refractivity (Wildman–Crippen MR) is 135 cm³/mol. The van der Waals surface area contributed by atoms with E-state index >= 15 is 0 Å². The number of nitrogens with zero attached hydrogens (tertiary/aromatic N) is 2. The van der Waals surface area contributed by atoms with Crippen LogP contribution in [-0.2, 0) is 24.2 Å². The molecule has 0 spiro atoms. The van der Waals surface area contributed by atoms with Crippen molar-refractivity contribution in [1.82, 2.24) is 14.9 Å². The van der Waals surface area contributed by atoms with Gasteiger partial charge < -0.3 is 20.3 Å². The van der Waals surface area contributed by atoms with Crippen LogP contribution in [0.1, 0.15) is 35.5 Å². The summed E-state index contributed by atoms with van der Waals surface area (Å²) in [6.07, 6.45) is 4.70. The van der Waals surface area contributed by atoms with E-state index in [2.05, 4.69) is 27.8 Å². The second-order valence-electron chi connectivity index (χ2n) is 8.36. The number of phenols is 1. The van der Waals surface area contributed by atoms with Crippen molar-refractivity contribution in [1.29, 1.82) is 0 Å². The zero-order valence-electron chi connectivity index (χ0n) is 19.3. The summed E-state index contributed by atoms with van der Waals surface area (Å²) in [5.41, 5.74) is 4.01. The summed E-state index contributed by atoms with van der Waals surface area (Å²) >= 11 is 0. The highest BCUT2D eigenvalue weighted by atomic mass is 16.3. The van der Waals surface area contributed by atoms with Crippen molar-refractivity contribution in [3.8, 4) is 5.75 Å². The fourth-order valence-corrected chi connectivity index (χ4v) is 3.93. The van der Waals surface area contributed by atoms with Crippen molar-refractivity contribution in [3.05, 3.63) is 114 Å². The third-order valence-electron chi connectivity index (χ3n) is 5.82. The topological polar surface area (TPSA) is 79.2 Å². The van der Waals surface area contributed by atoms with Crippen LogP contribution in [0.4, 0.5) is 5.69 Å². The van der Waals surface area contributed by atoms with Crippen LogP contribution in [0, 0.1) is 0 Å². The van der Waals surface area contributed by atoms with Gasteiger partial charge in [0.05, 0.1) is 6.42 Å². The molecular weight excluding hydrogens is 424 g/mol. The van der Waals surface area contributed by atoms with Gasteiger partial charge in [-0.1, -0.05) is 60.7 Å². The van der Waals surface area contributed by atoms with E-state index in [1.807, 2.05) is 78.4 Å². The molecule has 3 N–H and O–H groups in total. The molecule has 0 unspecified atom stereocenters. The van der Waals surface area contributed by atoms with Gasteiger partial charge in [-0.05, 0) is 49.2 Å². The average Bonchev–Trinajstić information content (AvgIpc) is 3.27. The number of para-hydroxylation sites is 1. The molecule has 174 valence electrons. The number of anilines is 1. The summed E-state index contributed by atoms with van der Waals surface area (Å²) in [4.78, 5) is 16.9. The number of aromatic nitrogens is 2. The Labute approximate surface area is 200 Å². The molecule has 0 bridgehead atoms. The summed E-state index contributed by atoms with van der Waals surface area (Å²) in [5, 5.41) is 16.4. The third kappa shape index (κ3) is 6.33. The van der Waals surface area contributed by atoms with Gasteiger partial charge >= 0.3 is 0 Å². The second kappa shape index (κ2) is 11.3. The largest absolute Gasteiger partial charge is 0.508 e. The van der Waals surface area contributed by atoms with E-state index in [1.165, 1.54) is 11.1 Å². The molecule has 0 saturated carbocycles. The van der Waals surface area contributed by atoms with Crippen LogP contribution in [-0.4, -0.2) is 27.1 Å². The fourth-order valence-electron chi connectivity index (χ4n) is 3.93. The monoisotopic (exact) mass is 454 g/mol. The Hall–Kier alpha value is -3.90. The van der Waals surface area contributed by atoms with E-state index < -0.39 is 0 Å². The minimum absolute atomic E-state index is 0.0641. The maximum Gasteiger partial charge on any atom is 0.231 e. The molecule has 3 aromatic carbocycles.